The molecular weight excluding hydrogens is 368 g/mol. The van der Waals surface area contributed by atoms with Crippen molar-refractivity contribution in [2.45, 2.75) is 49.1 Å². The Bertz CT molecular complexity index is 751. The first-order chi connectivity index (χ1) is 12.9. The zero-order valence-corrected chi connectivity index (χ0v) is 14.4. The summed E-state index contributed by atoms with van der Waals surface area (Å²) in [6, 6.07) is 1.13. The summed E-state index contributed by atoms with van der Waals surface area (Å²) >= 11 is 0. The Balaban J connectivity index is 1.69. The van der Waals surface area contributed by atoms with Gasteiger partial charge in [-0.2, -0.15) is 0 Å². The summed E-state index contributed by atoms with van der Waals surface area (Å²) in [7, 11) is 1.33. The van der Waals surface area contributed by atoms with Gasteiger partial charge in [-0.15, -0.1) is 0 Å². The molecule has 0 aliphatic carbocycles. The quantitative estimate of drug-likeness (QED) is 0.325. The minimum absolute atomic E-state index is 0.248. The number of nitrogens with zero attached hydrogens (tertiary/aromatic N) is 1. The van der Waals surface area contributed by atoms with E-state index in [0.717, 1.165) is 10.6 Å². The van der Waals surface area contributed by atoms with Gasteiger partial charge < -0.3 is 39.4 Å². The molecule has 8 atom stereocenters. The Morgan fingerprint density at radius 3 is 2.48 bits per heavy atom. The first-order valence-electron chi connectivity index (χ1n) is 8.29. The van der Waals surface area contributed by atoms with Gasteiger partial charge in [0, 0.05) is 19.4 Å². The third kappa shape index (κ3) is 3.83. The summed E-state index contributed by atoms with van der Waals surface area (Å²) in [6.45, 7) is -0.744. The second kappa shape index (κ2) is 8.16. The van der Waals surface area contributed by atoms with Gasteiger partial charge in [0.15, 0.2) is 12.5 Å². The molecule has 2 fully saturated rings. The van der Waals surface area contributed by atoms with E-state index in [4.69, 9.17) is 24.1 Å². The summed E-state index contributed by atoms with van der Waals surface area (Å²) < 4.78 is 22.5. The van der Waals surface area contributed by atoms with E-state index in [-0.39, 0.29) is 6.61 Å². The number of aromatic amines is 1. The normalized spacial score (nSPS) is 39.1. The molecule has 0 radical (unpaired) electrons. The van der Waals surface area contributed by atoms with Gasteiger partial charge in [0.25, 0.3) is 5.56 Å². The standard InChI is InChI=1S/C15H22N2O10/c1-24-12-10(21)7(5-25-14-11(22)9(20)6(4-18)27-14)26-13(12)17-3-2-8(19)16-15(17)23/h2-3,6-7,9-14,18,20-22H,4-5H2,1H3,(H,16,19,23)/t6-,7-,9-,10-,11-,12-,13-,14?/m1/s1. The monoisotopic (exact) mass is 390 g/mol. The second-order valence-electron chi connectivity index (χ2n) is 6.31. The smallest absolute Gasteiger partial charge is 0.330 e. The number of aromatic nitrogens is 2. The lowest BCUT2D eigenvalue weighted by Crippen LogP contribution is -2.39. The number of ether oxygens (including phenoxy) is 4. The van der Waals surface area contributed by atoms with Gasteiger partial charge in [0.1, 0.15) is 36.6 Å². The van der Waals surface area contributed by atoms with Crippen LogP contribution in [0, 0.1) is 0 Å². The fourth-order valence-electron chi connectivity index (χ4n) is 3.16. The summed E-state index contributed by atoms with van der Waals surface area (Å²) in [5, 5.41) is 39.1. The van der Waals surface area contributed by atoms with E-state index in [0.29, 0.717) is 0 Å². The topological polar surface area (TPSA) is 173 Å². The van der Waals surface area contributed by atoms with Gasteiger partial charge in [0.05, 0.1) is 13.2 Å². The maximum atomic E-state index is 12.0. The number of H-pyrrole nitrogens is 1. The Morgan fingerprint density at radius 1 is 1.15 bits per heavy atom. The van der Waals surface area contributed by atoms with Crippen LogP contribution in [0.15, 0.2) is 21.9 Å². The average Bonchev–Trinajstić information content (AvgIpc) is 3.10. The SMILES string of the molecule is CO[C@@H]1[C@H](O)[C@@H](COC2O[C@H](CO)[C@@H](O)[C@H]2O)O[C@H]1n1ccc(=O)[nH]c1=O. The van der Waals surface area contributed by atoms with Gasteiger partial charge in [-0.05, 0) is 0 Å². The number of hydrogen-bond donors (Lipinski definition) is 5. The highest BCUT2D eigenvalue weighted by atomic mass is 16.7. The number of methoxy groups -OCH3 is 1. The van der Waals surface area contributed by atoms with Crippen LogP contribution in [-0.2, 0) is 18.9 Å². The molecule has 1 aromatic rings. The third-order valence-corrected chi connectivity index (χ3v) is 4.63. The molecule has 12 heteroatoms. The van der Waals surface area contributed by atoms with Crippen molar-refractivity contribution in [3.8, 4) is 0 Å². The highest BCUT2D eigenvalue weighted by Crippen LogP contribution is 2.31. The third-order valence-electron chi connectivity index (χ3n) is 4.63. The van der Waals surface area contributed by atoms with Crippen molar-refractivity contribution in [1.82, 2.24) is 9.55 Å². The lowest BCUT2D eigenvalue weighted by atomic mass is 10.1. The van der Waals surface area contributed by atoms with Crippen molar-refractivity contribution >= 4 is 0 Å². The Hall–Kier alpha value is -1.64. The van der Waals surface area contributed by atoms with Crippen LogP contribution in [0.3, 0.4) is 0 Å². The molecule has 27 heavy (non-hydrogen) atoms. The molecule has 1 unspecified atom stereocenters. The Morgan fingerprint density at radius 2 is 1.89 bits per heavy atom. The molecule has 1 aromatic heterocycles. The van der Waals surface area contributed by atoms with Crippen LogP contribution in [-0.4, -0.2) is 93.2 Å². The highest BCUT2D eigenvalue weighted by molar-refractivity contribution is 4.94. The number of hydrogen-bond acceptors (Lipinski definition) is 10. The maximum Gasteiger partial charge on any atom is 0.330 e. The number of nitrogens with one attached hydrogen (secondary N) is 1. The molecule has 0 amide bonds. The molecule has 3 rings (SSSR count). The van der Waals surface area contributed by atoms with E-state index in [1.165, 1.54) is 13.3 Å². The van der Waals surface area contributed by atoms with E-state index < -0.39 is 67.0 Å². The van der Waals surface area contributed by atoms with Crippen molar-refractivity contribution in [3.63, 3.8) is 0 Å². The van der Waals surface area contributed by atoms with Crippen molar-refractivity contribution in [2.24, 2.45) is 0 Å². The number of rotatable bonds is 6. The van der Waals surface area contributed by atoms with Crippen molar-refractivity contribution in [2.75, 3.05) is 20.3 Å². The molecule has 5 N–H and O–H groups in total. The summed E-state index contributed by atoms with van der Waals surface area (Å²) in [5.41, 5.74) is -1.31. The predicted molar refractivity (Wildman–Crippen MR) is 85.7 cm³/mol. The summed E-state index contributed by atoms with van der Waals surface area (Å²) in [6.07, 6.45) is -7.75. The molecule has 2 saturated heterocycles. The molecule has 0 saturated carbocycles. The molecule has 0 spiro atoms. The maximum absolute atomic E-state index is 12.0. The van der Waals surface area contributed by atoms with E-state index in [1.54, 1.807) is 0 Å². The fraction of sp³-hybridized carbons (Fsp3) is 0.733. The van der Waals surface area contributed by atoms with E-state index in [1.807, 2.05) is 0 Å². The molecule has 2 aliphatic heterocycles. The predicted octanol–water partition coefficient (Wildman–Crippen LogP) is -3.73. The largest absolute Gasteiger partial charge is 0.394 e. The number of aliphatic hydroxyl groups excluding tert-OH is 4. The first kappa shape index (κ1) is 20.1. The van der Waals surface area contributed by atoms with Gasteiger partial charge in [-0.3, -0.25) is 14.3 Å². The molecule has 0 bridgehead atoms. The van der Waals surface area contributed by atoms with E-state index in [9.17, 15) is 24.9 Å². The van der Waals surface area contributed by atoms with Gasteiger partial charge in [-0.1, -0.05) is 0 Å². The fourth-order valence-corrected chi connectivity index (χ4v) is 3.16. The number of aliphatic hydroxyl groups is 4. The van der Waals surface area contributed by atoms with Crippen molar-refractivity contribution < 1.29 is 39.4 Å². The van der Waals surface area contributed by atoms with Gasteiger partial charge in [-0.25, -0.2) is 4.79 Å². The van der Waals surface area contributed by atoms with Crippen molar-refractivity contribution in [3.05, 3.63) is 33.1 Å². The molecular formula is C15H22N2O10. The van der Waals surface area contributed by atoms with Crippen molar-refractivity contribution in [1.29, 1.82) is 0 Å². The van der Waals surface area contributed by atoms with Gasteiger partial charge >= 0.3 is 5.69 Å². The van der Waals surface area contributed by atoms with E-state index >= 15 is 0 Å². The molecule has 152 valence electrons. The lowest BCUT2D eigenvalue weighted by Gasteiger charge is -2.20. The molecule has 2 aliphatic rings. The van der Waals surface area contributed by atoms with Crippen LogP contribution in [0.4, 0.5) is 0 Å². The first-order valence-corrected chi connectivity index (χ1v) is 8.29. The zero-order valence-electron chi connectivity index (χ0n) is 14.4. The molecule has 12 nitrogen and oxygen atoms in total. The van der Waals surface area contributed by atoms with Gasteiger partial charge in [0.2, 0.25) is 0 Å². The minimum Gasteiger partial charge on any atom is -0.394 e. The van der Waals surface area contributed by atoms with Crippen LogP contribution in [0.5, 0.6) is 0 Å². The summed E-state index contributed by atoms with van der Waals surface area (Å²) in [5.74, 6) is 0. The van der Waals surface area contributed by atoms with Crippen LogP contribution < -0.4 is 11.2 Å². The van der Waals surface area contributed by atoms with Crippen LogP contribution in [0.1, 0.15) is 6.23 Å². The molecule has 0 aromatic carbocycles. The minimum atomic E-state index is -1.38. The summed E-state index contributed by atoms with van der Waals surface area (Å²) in [4.78, 5) is 25.3. The lowest BCUT2D eigenvalue weighted by molar-refractivity contribution is -0.190. The average molecular weight is 390 g/mol. The van der Waals surface area contributed by atoms with Crippen LogP contribution >= 0.6 is 0 Å². The second-order valence-corrected chi connectivity index (χ2v) is 6.31. The Labute approximate surface area is 152 Å². The highest BCUT2D eigenvalue weighted by Gasteiger charge is 2.48. The van der Waals surface area contributed by atoms with Crippen LogP contribution in [0.25, 0.3) is 0 Å². The van der Waals surface area contributed by atoms with Crippen LogP contribution in [0.2, 0.25) is 0 Å². The Kier molecular flexibility index (Phi) is 6.08. The zero-order chi connectivity index (χ0) is 19.7. The molecule has 3 heterocycles. The van der Waals surface area contributed by atoms with E-state index in [2.05, 4.69) is 4.98 Å².